The van der Waals surface area contributed by atoms with Gasteiger partial charge >= 0.3 is 0 Å². The quantitative estimate of drug-likeness (QED) is 0.331. The molecule has 6 nitrogen and oxygen atoms in total. The number of amidine groups is 1. The molecule has 0 saturated carbocycles. The maximum atomic E-state index is 8.78. The second-order valence-corrected chi connectivity index (χ2v) is 5.96. The van der Waals surface area contributed by atoms with Crippen LogP contribution < -0.4 is 5.32 Å². The van der Waals surface area contributed by atoms with Crippen LogP contribution in [-0.2, 0) is 0 Å². The predicted molar refractivity (Wildman–Crippen MR) is 99.3 cm³/mol. The van der Waals surface area contributed by atoms with Gasteiger partial charge in [0, 0.05) is 5.56 Å². The molecule has 0 atom stereocenters. The Kier molecular flexibility index (Phi) is 5.11. The van der Waals surface area contributed by atoms with Crippen molar-refractivity contribution >= 4 is 22.6 Å². The van der Waals surface area contributed by atoms with Crippen LogP contribution in [0.4, 0.5) is 5.69 Å². The van der Waals surface area contributed by atoms with Gasteiger partial charge in [0.1, 0.15) is 0 Å². The van der Waals surface area contributed by atoms with Crippen LogP contribution in [0.3, 0.4) is 0 Å². The number of hydrogen-bond acceptors (Lipinski definition) is 6. The molecule has 1 N–H and O–H groups in total. The Morgan fingerprint density at radius 3 is 2.68 bits per heavy atom. The van der Waals surface area contributed by atoms with Gasteiger partial charge in [0.2, 0.25) is 5.82 Å². The van der Waals surface area contributed by atoms with Crippen molar-refractivity contribution in [2.24, 2.45) is 4.99 Å². The minimum atomic E-state index is 0.382. The van der Waals surface area contributed by atoms with E-state index in [1.165, 1.54) is 17.3 Å². The number of para-hydroxylation sites is 1. The van der Waals surface area contributed by atoms with E-state index in [0.717, 1.165) is 5.56 Å². The van der Waals surface area contributed by atoms with Crippen molar-refractivity contribution in [3.8, 4) is 29.0 Å². The van der Waals surface area contributed by atoms with Crippen molar-refractivity contribution in [3.05, 3.63) is 54.1 Å². The number of nitrogens with one attached hydrogen (secondary N) is 1. The monoisotopic (exact) mass is 349 g/mol. The highest BCUT2D eigenvalue weighted by Gasteiger charge is 2.14. The fraction of sp³-hybridized carbons (Fsp3) is 0.111. The summed E-state index contributed by atoms with van der Waals surface area (Å²) in [5.74, 6) is 0.904. The maximum Gasteiger partial charge on any atom is 0.260 e. The molecule has 124 valence electrons. The van der Waals surface area contributed by atoms with Gasteiger partial charge in [-0.2, -0.15) is 10.2 Å². The molecule has 2 aromatic carbocycles. The average molecular weight is 349 g/mol. The first kappa shape index (κ1) is 16.7. The number of nitrogens with zero attached hydrogens (tertiary/aromatic N) is 4. The van der Waals surface area contributed by atoms with Crippen LogP contribution in [0.25, 0.3) is 22.8 Å². The number of thioether (sulfide) groups is 1. The molecule has 1 heterocycles. The number of rotatable bonds is 3. The van der Waals surface area contributed by atoms with Crippen LogP contribution in [-0.4, -0.2) is 21.6 Å². The van der Waals surface area contributed by atoms with E-state index >= 15 is 0 Å². The molecule has 0 bridgehead atoms. The first-order valence-electron chi connectivity index (χ1n) is 7.49. The first-order valence-corrected chi connectivity index (χ1v) is 8.71. The summed E-state index contributed by atoms with van der Waals surface area (Å²) in [6, 6.07) is 15.3. The van der Waals surface area contributed by atoms with E-state index in [4.69, 9.17) is 9.78 Å². The standard InChI is InChI=1S/C18H15N5OS/c1-12-7-9-13(10-8-12)16-22-17(24-23-16)14-5-3-4-6-15(14)21-18(25-2)20-11-19/h3-10H,1-2H3,(H,20,21). The number of hydrogen-bond donors (Lipinski definition) is 1. The minimum absolute atomic E-state index is 0.382. The molecule has 0 aliphatic rings. The van der Waals surface area contributed by atoms with Crippen LogP contribution in [0.2, 0.25) is 0 Å². The van der Waals surface area contributed by atoms with Gasteiger partial charge in [-0.15, -0.1) is 0 Å². The Labute approximate surface area is 149 Å². The topological polar surface area (TPSA) is 87.1 Å². The zero-order valence-electron chi connectivity index (χ0n) is 13.7. The summed E-state index contributed by atoms with van der Waals surface area (Å²) < 4.78 is 5.43. The van der Waals surface area contributed by atoms with Gasteiger partial charge in [0.05, 0.1) is 11.3 Å². The van der Waals surface area contributed by atoms with Crippen LogP contribution in [0.1, 0.15) is 5.56 Å². The van der Waals surface area contributed by atoms with E-state index in [2.05, 4.69) is 20.4 Å². The third-order valence-electron chi connectivity index (χ3n) is 3.45. The molecule has 0 aliphatic carbocycles. The molecular formula is C18H15N5OS. The van der Waals surface area contributed by atoms with Crippen LogP contribution in [0.5, 0.6) is 0 Å². The van der Waals surface area contributed by atoms with Crippen molar-refractivity contribution in [1.29, 1.82) is 5.26 Å². The van der Waals surface area contributed by atoms with Crippen molar-refractivity contribution in [2.45, 2.75) is 6.92 Å². The van der Waals surface area contributed by atoms with Crippen LogP contribution in [0, 0.1) is 18.4 Å². The zero-order chi connectivity index (χ0) is 17.6. The number of benzene rings is 2. The summed E-state index contributed by atoms with van der Waals surface area (Å²) in [7, 11) is 0. The normalized spacial score (nSPS) is 11.2. The maximum absolute atomic E-state index is 8.78. The molecule has 0 amide bonds. The van der Waals surface area contributed by atoms with Gasteiger partial charge in [-0.3, -0.25) is 5.32 Å². The highest BCUT2D eigenvalue weighted by atomic mass is 32.2. The fourth-order valence-electron chi connectivity index (χ4n) is 2.19. The minimum Gasteiger partial charge on any atom is -0.334 e. The molecule has 0 saturated heterocycles. The Hall–Kier alpha value is -3.11. The van der Waals surface area contributed by atoms with E-state index in [1.54, 1.807) is 0 Å². The number of aliphatic imine (C=N–C) groups is 1. The lowest BCUT2D eigenvalue weighted by molar-refractivity contribution is 0.432. The predicted octanol–water partition coefficient (Wildman–Crippen LogP) is 4.13. The van der Waals surface area contributed by atoms with Gasteiger partial charge in [-0.05, 0) is 25.3 Å². The summed E-state index contributed by atoms with van der Waals surface area (Å²) >= 11 is 1.35. The highest BCUT2D eigenvalue weighted by molar-refractivity contribution is 8.13. The third kappa shape index (κ3) is 3.87. The van der Waals surface area contributed by atoms with E-state index in [-0.39, 0.29) is 0 Å². The van der Waals surface area contributed by atoms with Gasteiger partial charge in [0.15, 0.2) is 11.4 Å². The van der Waals surface area contributed by atoms with Crippen LogP contribution >= 0.6 is 11.8 Å². The fourth-order valence-corrected chi connectivity index (χ4v) is 2.52. The number of nitriles is 1. The Morgan fingerprint density at radius 1 is 1.20 bits per heavy atom. The van der Waals surface area contributed by atoms with Crippen molar-refractivity contribution in [1.82, 2.24) is 15.5 Å². The zero-order valence-corrected chi connectivity index (χ0v) is 14.5. The molecule has 3 rings (SSSR count). The Balaban J connectivity index is 1.98. The number of aryl methyl sites for hydroxylation is 1. The lowest BCUT2D eigenvalue weighted by atomic mass is 10.1. The molecule has 0 unspecified atom stereocenters. The Bertz CT molecular complexity index is 941. The van der Waals surface area contributed by atoms with Crippen molar-refractivity contribution < 1.29 is 4.52 Å². The summed E-state index contributed by atoms with van der Waals surface area (Å²) in [5.41, 5.74) is 3.41. The van der Waals surface area contributed by atoms with E-state index in [1.807, 2.05) is 67.9 Å². The van der Waals surface area contributed by atoms with E-state index < -0.39 is 0 Å². The molecule has 0 radical (unpaired) electrons. The summed E-state index contributed by atoms with van der Waals surface area (Å²) in [5, 5.41) is 15.9. The summed E-state index contributed by atoms with van der Waals surface area (Å²) in [6.07, 6.45) is 3.72. The average Bonchev–Trinajstić information content (AvgIpc) is 3.12. The van der Waals surface area contributed by atoms with E-state index in [9.17, 15) is 0 Å². The molecule has 0 fully saturated rings. The molecule has 7 heteroatoms. The Morgan fingerprint density at radius 2 is 1.96 bits per heavy atom. The molecular weight excluding hydrogens is 334 g/mol. The molecule has 3 aromatic rings. The third-order valence-corrected chi connectivity index (χ3v) is 4.03. The van der Waals surface area contributed by atoms with E-state index in [0.29, 0.717) is 28.1 Å². The van der Waals surface area contributed by atoms with Gasteiger partial charge in [-0.25, -0.2) is 4.99 Å². The smallest absolute Gasteiger partial charge is 0.260 e. The lowest BCUT2D eigenvalue weighted by Crippen LogP contribution is -2.12. The summed E-state index contributed by atoms with van der Waals surface area (Å²) in [4.78, 5) is 8.94. The van der Waals surface area contributed by atoms with Crippen LogP contribution in [0.15, 0.2) is 58.0 Å². The molecule has 0 spiro atoms. The number of aromatic nitrogens is 2. The first-order chi connectivity index (χ1) is 12.2. The van der Waals surface area contributed by atoms with Crippen molar-refractivity contribution in [2.75, 3.05) is 6.26 Å². The van der Waals surface area contributed by atoms with Gasteiger partial charge in [-0.1, -0.05) is 58.9 Å². The van der Waals surface area contributed by atoms with Crippen molar-refractivity contribution in [3.63, 3.8) is 0 Å². The van der Waals surface area contributed by atoms with Gasteiger partial charge < -0.3 is 4.52 Å². The molecule has 1 aromatic heterocycles. The second-order valence-electron chi connectivity index (χ2n) is 5.16. The van der Waals surface area contributed by atoms with Gasteiger partial charge in [0.25, 0.3) is 5.89 Å². The highest BCUT2D eigenvalue weighted by Crippen LogP contribution is 2.31. The SMILES string of the molecule is CSC(=Nc1ccccc1-c1nc(-c2ccc(C)cc2)no1)NC#N. The lowest BCUT2D eigenvalue weighted by Gasteiger charge is -2.03. The largest absolute Gasteiger partial charge is 0.334 e. The summed E-state index contributed by atoms with van der Waals surface area (Å²) in [6.45, 7) is 2.03. The molecule has 0 aliphatic heterocycles. The second kappa shape index (κ2) is 7.64. The molecule has 25 heavy (non-hydrogen) atoms.